The molecule has 2 unspecified atom stereocenters. The Morgan fingerprint density at radius 2 is 2.21 bits per heavy atom. The fourth-order valence-corrected chi connectivity index (χ4v) is 3.29. The van der Waals surface area contributed by atoms with Gasteiger partial charge in [0.25, 0.3) is 0 Å². The molecule has 0 N–H and O–H groups in total. The van der Waals surface area contributed by atoms with Gasteiger partial charge in [-0.2, -0.15) is 5.26 Å². The van der Waals surface area contributed by atoms with Gasteiger partial charge in [-0.15, -0.1) is 0 Å². The van der Waals surface area contributed by atoms with Crippen LogP contribution in [-0.2, 0) is 10.2 Å². The Kier molecular flexibility index (Phi) is 1.99. The molecule has 4 rings (SSSR count). The minimum absolute atomic E-state index is 0.182. The van der Waals surface area contributed by atoms with E-state index >= 15 is 0 Å². The number of hydrogen-bond acceptors (Lipinski definition) is 3. The van der Waals surface area contributed by atoms with Crippen LogP contribution in [0.15, 0.2) is 52.7 Å². The Balaban J connectivity index is 1.84. The first kappa shape index (κ1) is 10.6. The first-order valence-corrected chi connectivity index (χ1v) is 6.42. The second-order valence-electron chi connectivity index (χ2n) is 5.23. The molecule has 3 nitrogen and oxygen atoms in total. The van der Waals surface area contributed by atoms with Crippen LogP contribution in [0.3, 0.4) is 0 Å². The molecule has 1 fully saturated rings. The standard InChI is InChI=1S/C16H12N2O/c17-8-11-5-6-15-13(7-11)16(10-19-15)9-18-14-4-2-1-3-12(14)16/h1-6,9,13H,7,10H2. The van der Waals surface area contributed by atoms with Crippen molar-refractivity contribution in [2.45, 2.75) is 11.8 Å². The molecule has 0 amide bonds. The molecule has 92 valence electrons. The van der Waals surface area contributed by atoms with Crippen molar-refractivity contribution in [1.29, 1.82) is 5.26 Å². The molecule has 1 aliphatic carbocycles. The lowest BCUT2D eigenvalue weighted by atomic mass is 9.70. The molecular weight excluding hydrogens is 236 g/mol. The third-order valence-electron chi connectivity index (χ3n) is 4.30. The van der Waals surface area contributed by atoms with Crippen molar-refractivity contribution in [3.63, 3.8) is 0 Å². The van der Waals surface area contributed by atoms with Crippen LogP contribution in [0, 0.1) is 17.2 Å². The molecule has 0 saturated carbocycles. The maximum Gasteiger partial charge on any atom is 0.103 e. The largest absolute Gasteiger partial charge is 0.496 e. The molecule has 3 heteroatoms. The molecule has 1 saturated heterocycles. The van der Waals surface area contributed by atoms with E-state index in [2.05, 4.69) is 17.1 Å². The van der Waals surface area contributed by atoms with Gasteiger partial charge < -0.3 is 4.74 Å². The fraction of sp³-hybridized carbons (Fsp3) is 0.250. The van der Waals surface area contributed by atoms with Gasteiger partial charge in [-0.25, -0.2) is 0 Å². The molecule has 0 bridgehead atoms. The molecule has 1 aromatic carbocycles. The number of allylic oxidation sites excluding steroid dienone is 4. The molecule has 1 aromatic rings. The number of fused-ring (bicyclic) bond motifs is 4. The normalized spacial score (nSPS) is 30.2. The average Bonchev–Trinajstić information content (AvgIpc) is 3.03. The predicted molar refractivity (Wildman–Crippen MR) is 72.1 cm³/mol. The first-order chi connectivity index (χ1) is 9.33. The Morgan fingerprint density at radius 1 is 1.32 bits per heavy atom. The number of nitriles is 1. The molecule has 19 heavy (non-hydrogen) atoms. The number of benzene rings is 1. The third-order valence-corrected chi connectivity index (χ3v) is 4.30. The highest BCUT2D eigenvalue weighted by atomic mass is 16.5. The molecular formula is C16H12N2O. The number of ether oxygens (including phenoxy) is 1. The summed E-state index contributed by atoms with van der Waals surface area (Å²) in [6.07, 6.45) is 6.56. The van der Waals surface area contributed by atoms with Crippen molar-refractivity contribution in [2.24, 2.45) is 10.9 Å². The third kappa shape index (κ3) is 1.29. The Hall–Kier alpha value is -2.34. The van der Waals surface area contributed by atoms with Crippen molar-refractivity contribution in [1.82, 2.24) is 0 Å². The summed E-state index contributed by atoms with van der Waals surface area (Å²) in [4.78, 5) is 4.54. The van der Waals surface area contributed by atoms with Gasteiger partial charge in [0.2, 0.25) is 0 Å². The highest BCUT2D eigenvalue weighted by Gasteiger charge is 2.51. The van der Waals surface area contributed by atoms with E-state index in [0.29, 0.717) is 6.61 Å². The minimum atomic E-state index is -0.182. The molecule has 1 spiro atoms. The smallest absolute Gasteiger partial charge is 0.103 e. The second-order valence-corrected chi connectivity index (χ2v) is 5.23. The summed E-state index contributed by atoms with van der Waals surface area (Å²) in [6, 6.07) is 10.5. The van der Waals surface area contributed by atoms with Crippen molar-refractivity contribution >= 4 is 11.9 Å². The first-order valence-electron chi connectivity index (χ1n) is 6.42. The van der Waals surface area contributed by atoms with Crippen molar-refractivity contribution < 1.29 is 4.74 Å². The van der Waals surface area contributed by atoms with Crippen LogP contribution in [0.1, 0.15) is 12.0 Å². The van der Waals surface area contributed by atoms with E-state index < -0.39 is 0 Å². The summed E-state index contributed by atoms with van der Waals surface area (Å²) in [6.45, 7) is 0.622. The van der Waals surface area contributed by atoms with Crippen LogP contribution < -0.4 is 0 Å². The van der Waals surface area contributed by atoms with Gasteiger partial charge in [0, 0.05) is 17.7 Å². The maximum absolute atomic E-state index is 9.12. The van der Waals surface area contributed by atoms with Crippen LogP contribution in [-0.4, -0.2) is 12.8 Å². The summed E-state index contributed by atoms with van der Waals surface area (Å²) in [5.74, 6) is 1.20. The lowest BCUT2D eigenvalue weighted by molar-refractivity contribution is 0.246. The van der Waals surface area contributed by atoms with Gasteiger partial charge >= 0.3 is 0 Å². The van der Waals surface area contributed by atoms with Gasteiger partial charge in [-0.1, -0.05) is 18.2 Å². The number of hydrogen-bond donors (Lipinski definition) is 0. The zero-order chi connectivity index (χ0) is 12.9. The highest BCUT2D eigenvalue weighted by molar-refractivity contribution is 5.87. The average molecular weight is 248 g/mol. The molecule has 0 radical (unpaired) electrons. The predicted octanol–water partition coefficient (Wildman–Crippen LogP) is 3.02. The van der Waals surface area contributed by atoms with E-state index in [1.54, 1.807) is 0 Å². The Morgan fingerprint density at radius 3 is 3.11 bits per heavy atom. The molecule has 0 aromatic heterocycles. The number of para-hydroxylation sites is 1. The van der Waals surface area contributed by atoms with Crippen LogP contribution in [0.5, 0.6) is 0 Å². The van der Waals surface area contributed by atoms with Gasteiger partial charge in [0.1, 0.15) is 12.4 Å². The zero-order valence-corrected chi connectivity index (χ0v) is 10.3. The van der Waals surface area contributed by atoms with Gasteiger partial charge in [0.15, 0.2) is 0 Å². The van der Waals surface area contributed by atoms with Crippen LogP contribution in [0.2, 0.25) is 0 Å². The van der Waals surface area contributed by atoms with Crippen molar-refractivity contribution in [3.8, 4) is 6.07 Å². The lowest BCUT2D eigenvalue weighted by Crippen LogP contribution is -2.34. The molecule has 3 aliphatic rings. The Bertz CT molecular complexity index is 693. The Labute approximate surface area is 111 Å². The fourth-order valence-electron chi connectivity index (χ4n) is 3.29. The minimum Gasteiger partial charge on any atom is -0.496 e. The van der Waals surface area contributed by atoms with Crippen LogP contribution in [0.4, 0.5) is 5.69 Å². The van der Waals surface area contributed by atoms with E-state index in [-0.39, 0.29) is 11.3 Å². The molecule has 2 aliphatic heterocycles. The molecule has 2 atom stereocenters. The topological polar surface area (TPSA) is 45.4 Å². The summed E-state index contributed by atoms with van der Waals surface area (Å²) in [7, 11) is 0. The molecule has 2 heterocycles. The van der Waals surface area contributed by atoms with Crippen molar-refractivity contribution in [3.05, 3.63) is 53.3 Å². The van der Waals surface area contributed by atoms with E-state index in [1.807, 2.05) is 36.6 Å². The van der Waals surface area contributed by atoms with Gasteiger partial charge in [0.05, 0.1) is 17.2 Å². The van der Waals surface area contributed by atoms with Crippen molar-refractivity contribution in [2.75, 3.05) is 6.61 Å². The summed E-state index contributed by atoms with van der Waals surface area (Å²) < 4.78 is 5.86. The maximum atomic E-state index is 9.12. The van der Waals surface area contributed by atoms with Gasteiger partial charge in [-0.05, 0) is 30.2 Å². The van der Waals surface area contributed by atoms with E-state index in [4.69, 9.17) is 10.00 Å². The number of rotatable bonds is 0. The summed E-state index contributed by atoms with van der Waals surface area (Å²) >= 11 is 0. The van der Waals surface area contributed by atoms with Crippen LogP contribution >= 0.6 is 0 Å². The second kappa shape index (κ2) is 3.58. The van der Waals surface area contributed by atoms with Crippen LogP contribution in [0.25, 0.3) is 0 Å². The van der Waals surface area contributed by atoms with E-state index in [9.17, 15) is 0 Å². The lowest BCUT2D eigenvalue weighted by Gasteiger charge is -2.27. The highest BCUT2D eigenvalue weighted by Crippen LogP contribution is 2.51. The SMILES string of the molecule is N#CC1=CC=C2OCC3(C=Nc4ccccc43)C2C1. The zero-order valence-electron chi connectivity index (χ0n) is 10.3. The van der Waals surface area contributed by atoms with Gasteiger partial charge in [-0.3, -0.25) is 4.99 Å². The summed E-state index contributed by atoms with van der Waals surface area (Å²) in [5.41, 5.74) is 2.89. The number of nitrogens with zero attached hydrogens (tertiary/aromatic N) is 2. The van der Waals surface area contributed by atoms with E-state index in [1.165, 1.54) is 5.56 Å². The van der Waals surface area contributed by atoms with E-state index in [0.717, 1.165) is 23.4 Å². The summed E-state index contributed by atoms with van der Waals surface area (Å²) in [5, 5.41) is 9.12. The number of aliphatic imine (C=N–C) groups is 1. The quantitative estimate of drug-likeness (QED) is 0.708. The monoisotopic (exact) mass is 248 g/mol.